The second-order valence-corrected chi connectivity index (χ2v) is 4.55. The van der Waals surface area contributed by atoms with Crippen molar-refractivity contribution in [2.75, 3.05) is 17.7 Å². The second-order valence-electron chi connectivity index (χ2n) is 4.55. The van der Waals surface area contributed by atoms with Crippen LogP contribution in [0.2, 0.25) is 0 Å². The highest BCUT2D eigenvalue weighted by Gasteiger charge is 2.05. The molecule has 2 aromatic heterocycles. The zero-order chi connectivity index (χ0) is 13.9. The molecule has 20 heavy (non-hydrogen) atoms. The average Bonchev–Trinajstić information content (AvgIpc) is 2.47. The predicted octanol–water partition coefficient (Wildman–Crippen LogP) is 1.07. The number of hydrogen-bond acceptors (Lipinski definition) is 5. The average molecular weight is 263 g/mol. The van der Waals surface area contributed by atoms with E-state index >= 15 is 0 Å². The number of hydrogen-bond donors (Lipinski definition) is 2. The number of aromatic nitrogens is 3. The first-order valence-electron chi connectivity index (χ1n) is 6.38. The van der Waals surface area contributed by atoms with Crippen LogP contribution in [0.15, 0.2) is 42.9 Å². The van der Waals surface area contributed by atoms with Crippen LogP contribution in [-0.2, 0) is 0 Å². The molecule has 0 saturated heterocycles. The summed E-state index contributed by atoms with van der Waals surface area (Å²) in [5.41, 5.74) is 3.02. The van der Waals surface area contributed by atoms with Crippen LogP contribution in [0.5, 0.6) is 0 Å². The highest BCUT2D eigenvalue weighted by molar-refractivity contribution is 6.32. The molecular weight excluding hydrogens is 249 g/mol. The summed E-state index contributed by atoms with van der Waals surface area (Å²) in [4.78, 5) is 12.8. The molecule has 3 rings (SSSR count). The smallest absolute Gasteiger partial charge is 0.141 e. The van der Waals surface area contributed by atoms with E-state index in [1.165, 1.54) is 5.46 Å². The first-order valence-corrected chi connectivity index (χ1v) is 6.38. The Kier molecular flexibility index (Phi) is 3.21. The molecule has 0 fully saturated rings. The lowest BCUT2D eigenvalue weighted by Gasteiger charge is -2.09. The second kappa shape index (κ2) is 5.17. The van der Waals surface area contributed by atoms with E-state index in [1.807, 2.05) is 25.2 Å². The molecule has 1 aromatic carbocycles. The van der Waals surface area contributed by atoms with Gasteiger partial charge in [-0.2, -0.15) is 0 Å². The summed E-state index contributed by atoms with van der Waals surface area (Å²) in [6.07, 6.45) is 3.28. The molecule has 2 N–H and O–H groups in total. The van der Waals surface area contributed by atoms with Crippen molar-refractivity contribution in [1.29, 1.82) is 0 Å². The number of rotatable bonds is 3. The van der Waals surface area contributed by atoms with Gasteiger partial charge in [-0.3, -0.25) is 0 Å². The van der Waals surface area contributed by atoms with Gasteiger partial charge >= 0.3 is 0 Å². The summed E-state index contributed by atoms with van der Waals surface area (Å²) < 4.78 is 0. The molecule has 6 heteroatoms. The Morgan fingerprint density at radius 1 is 1.10 bits per heavy atom. The third kappa shape index (κ3) is 2.40. The van der Waals surface area contributed by atoms with Crippen molar-refractivity contribution in [3.8, 4) is 0 Å². The molecule has 0 saturated carbocycles. The normalized spacial score (nSPS) is 10.4. The number of nitrogens with zero attached hydrogens (tertiary/aromatic N) is 3. The van der Waals surface area contributed by atoms with Crippen LogP contribution in [0, 0.1) is 0 Å². The Labute approximate surface area is 117 Å². The predicted molar refractivity (Wildman–Crippen MR) is 84.8 cm³/mol. The molecule has 0 bridgehead atoms. The summed E-state index contributed by atoms with van der Waals surface area (Å²) in [6, 6.07) is 10.1. The third-order valence-electron chi connectivity index (χ3n) is 3.06. The molecule has 0 spiro atoms. The van der Waals surface area contributed by atoms with Crippen molar-refractivity contribution in [1.82, 2.24) is 15.0 Å². The molecule has 0 amide bonds. The van der Waals surface area contributed by atoms with Gasteiger partial charge in [0.15, 0.2) is 0 Å². The van der Waals surface area contributed by atoms with Crippen molar-refractivity contribution < 1.29 is 0 Å². The van der Waals surface area contributed by atoms with E-state index in [9.17, 15) is 0 Å². The molecule has 0 aliphatic carbocycles. The minimum atomic E-state index is 0.777. The van der Waals surface area contributed by atoms with Crippen LogP contribution < -0.4 is 16.1 Å². The Balaban J connectivity index is 2.06. The number of anilines is 3. The van der Waals surface area contributed by atoms with E-state index in [2.05, 4.69) is 45.6 Å². The maximum Gasteiger partial charge on any atom is 0.141 e. The summed E-state index contributed by atoms with van der Waals surface area (Å²) in [7, 11) is 3.90. The Bertz CT molecular complexity index is 759. The van der Waals surface area contributed by atoms with Gasteiger partial charge in [-0.15, -0.1) is 0 Å². The van der Waals surface area contributed by atoms with Crippen molar-refractivity contribution >= 4 is 41.5 Å². The molecule has 0 aliphatic heterocycles. The van der Waals surface area contributed by atoms with E-state index < -0.39 is 0 Å². The Morgan fingerprint density at radius 2 is 2.00 bits per heavy atom. The van der Waals surface area contributed by atoms with E-state index in [0.29, 0.717) is 0 Å². The van der Waals surface area contributed by atoms with Crippen LogP contribution in [0.4, 0.5) is 17.3 Å². The number of fused-ring (bicyclic) bond motifs is 1. The molecule has 0 unspecified atom stereocenters. The van der Waals surface area contributed by atoms with E-state index in [4.69, 9.17) is 0 Å². The number of pyridine rings is 1. The van der Waals surface area contributed by atoms with Crippen LogP contribution in [0.25, 0.3) is 10.9 Å². The van der Waals surface area contributed by atoms with Gasteiger partial charge in [0.2, 0.25) is 0 Å². The summed E-state index contributed by atoms with van der Waals surface area (Å²) in [5, 5.41) is 7.30. The summed E-state index contributed by atoms with van der Waals surface area (Å²) in [6.45, 7) is 0. The zero-order valence-corrected chi connectivity index (χ0v) is 11.4. The fourth-order valence-corrected chi connectivity index (χ4v) is 2.05. The van der Waals surface area contributed by atoms with Crippen LogP contribution in [-0.4, -0.2) is 29.8 Å². The zero-order valence-electron chi connectivity index (χ0n) is 11.4. The lowest BCUT2D eigenvalue weighted by molar-refractivity contribution is 1.20. The topological polar surface area (TPSA) is 62.7 Å². The third-order valence-corrected chi connectivity index (χ3v) is 3.06. The van der Waals surface area contributed by atoms with Crippen LogP contribution in [0.1, 0.15) is 0 Å². The van der Waals surface area contributed by atoms with Gasteiger partial charge in [0.05, 0.1) is 11.7 Å². The number of benzene rings is 1. The van der Waals surface area contributed by atoms with Gasteiger partial charge in [0.25, 0.3) is 0 Å². The van der Waals surface area contributed by atoms with E-state index in [0.717, 1.165) is 28.2 Å². The lowest BCUT2D eigenvalue weighted by Crippen LogP contribution is -2.03. The molecular formula is C14H14BN5. The monoisotopic (exact) mass is 263 g/mol. The van der Waals surface area contributed by atoms with Gasteiger partial charge in [0, 0.05) is 18.1 Å². The number of nitrogens with one attached hydrogen (secondary N) is 2. The lowest BCUT2D eigenvalue weighted by atomic mass is 9.96. The van der Waals surface area contributed by atoms with Gasteiger partial charge in [-0.05, 0) is 18.2 Å². The first-order chi connectivity index (χ1) is 9.76. The maximum absolute atomic E-state index is 4.33. The van der Waals surface area contributed by atoms with E-state index in [1.54, 1.807) is 12.5 Å². The van der Waals surface area contributed by atoms with Gasteiger partial charge in [-0.1, -0.05) is 17.6 Å². The van der Waals surface area contributed by atoms with Gasteiger partial charge in [0.1, 0.15) is 25.8 Å². The summed E-state index contributed by atoms with van der Waals surface area (Å²) in [5.74, 6) is 1.57. The van der Waals surface area contributed by atoms with Crippen LogP contribution in [0.3, 0.4) is 0 Å². The van der Waals surface area contributed by atoms with Crippen molar-refractivity contribution in [2.45, 2.75) is 0 Å². The Hall–Kier alpha value is -2.63. The fraction of sp³-hybridized carbons (Fsp3) is 0.0714. The molecule has 0 atom stereocenters. The van der Waals surface area contributed by atoms with Gasteiger partial charge < -0.3 is 10.6 Å². The fourth-order valence-electron chi connectivity index (χ4n) is 2.05. The first kappa shape index (κ1) is 12.4. The molecule has 0 radical (unpaired) electrons. The maximum atomic E-state index is 4.33. The highest BCUT2D eigenvalue weighted by atomic mass is 15.0. The molecule has 3 aromatic rings. The molecule has 5 nitrogen and oxygen atoms in total. The largest absolute Gasteiger partial charge is 0.373 e. The molecule has 0 aliphatic rings. The summed E-state index contributed by atoms with van der Waals surface area (Å²) >= 11 is 0. The Morgan fingerprint density at radius 3 is 2.80 bits per heavy atom. The van der Waals surface area contributed by atoms with Crippen LogP contribution >= 0.6 is 0 Å². The molecule has 2 heterocycles. The van der Waals surface area contributed by atoms with Gasteiger partial charge in [-0.25, -0.2) is 15.0 Å². The van der Waals surface area contributed by atoms with Crippen molar-refractivity contribution in [3.63, 3.8) is 0 Å². The quantitative estimate of drug-likeness (QED) is 0.692. The SMILES string of the molecule is Bc1cccc(Nc2ncnc3cnc(NC)cc23)c1. The minimum absolute atomic E-state index is 0.777. The highest BCUT2D eigenvalue weighted by Crippen LogP contribution is 2.23. The van der Waals surface area contributed by atoms with Crippen molar-refractivity contribution in [2.24, 2.45) is 0 Å². The standard InChI is InChI=1S/C14H14BN5/c1-16-13-6-11-12(7-17-13)18-8-19-14(11)20-10-4-2-3-9(15)5-10/h2-8H,15H2,1H3,(H,16,17)(H,18,19,20). The van der Waals surface area contributed by atoms with Crippen molar-refractivity contribution in [3.05, 3.63) is 42.9 Å². The minimum Gasteiger partial charge on any atom is -0.373 e. The van der Waals surface area contributed by atoms with E-state index in [-0.39, 0.29) is 0 Å². The molecule has 98 valence electrons.